The van der Waals surface area contributed by atoms with E-state index < -0.39 is 6.04 Å². The number of carbonyl (C=O) groups excluding carboxylic acids is 2. The van der Waals surface area contributed by atoms with Gasteiger partial charge in [0, 0.05) is 36.3 Å². The van der Waals surface area contributed by atoms with Gasteiger partial charge >= 0.3 is 0 Å². The van der Waals surface area contributed by atoms with Gasteiger partial charge in [-0.2, -0.15) is 0 Å². The lowest BCUT2D eigenvalue weighted by atomic mass is 10.0. The van der Waals surface area contributed by atoms with Gasteiger partial charge in [-0.1, -0.05) is 60.7 Å². The van der Waals surface area contributed by atoms with Crippen LogP contribution in [0.25, 0.3) is 0 Å². The van der Waals surface area contributed by atoms with Gasteiger partial charge in [0.1, 0.15) is 6.04 Å². The molecule has 3 aromatic rings. The van der Waals surface area contributed by atoms with Crippen LogP contribution in [-0.2, 0) is 24.3 Å². The molecule has 4 rings (SSSR count). The average Bonchev–Trinajstić information content (AvgIpc) is 3.13. The highest BCUT2D eigenvalue weighted by molar-refractivity contribution is 6.03. The van der Waals surface area contributed by atoms with Crippen molar-refractivity contribution in [1.82, 2.24) is 10.2 Å². The molecule has 0 saturated carbocycles. The lowest BCUT2D eigenvalue weighted by Crippen LogP contribution is -2.45. The van der Waals surface area contributed by atoms with Gasteiger partial charge in [0.25, 0.3) is 5.91 Å². The van der Waals surface area contributed by atoms with Crippen molar-refractivity contribution in [3.63, 3.8) is 0 Å². The maximum Gasteiger partial charge on any atom is 0.255 e. The number of hydrogen-bond donors (Lipinski definition) is 2. The van der Waals surface area contributed by atoms with Crippen LogP contribution in [0, 0.1) is 0 Å². The zero-order chi connectivity index (χ0) is 23.4. The van der Waals surface area contributed by atoms with Gasteiger partial charge in [0.05, 0.1) is 0 Å². The standard InChI is InChI=1S/C28H31N3O2/c1-28(2,3)29-18-21-13-15-23(16-14-21)30-26(32)25(17-20-9-5-4-6-10-20)31-19-22-11-7-8-12-24(22)27(31)33/h4-16,25,29H,17-19H2,1-3H3,(H,30,32)/t25-/m0/s1. The van der Waals surface area contributed by atoms with E-state index in [1.165, 1.54) is 0 Å². The van der Waals surface area contributed by atoms with Crippen molar-refractivity contribution in [3.05, 3.63) is 101 Å². The maximum atomic E-state index is 13.4. The van der Waals surface area contributed by atoms with Crippen LogP contribution in [0.2, 0.25) is 0 Å². The summed E-state index contributed by atoms with van der Waals surface area (Å²) in [7, 11) is 0. The van der Waals surface area contributed by atoms with Crippen LogP contribution in [0.3, 0.4) is 0 Å². The van der Waals surface area contributed by atoms with Crippen molar-refractivity contribution in [2.45, 2.75) is 51.9 Å². The van der Waals surface area contributed by atoms with Crippen molar-refractivity contribution >= 4 is 17.5 Å². The highest BCUT2D eigenvalue weighted by atomic mass is 16.2. The minimum atomic E-state index is -0.602. The molecule has 0 fully saturated rings. The molecule has 1 aliphatic heterocycles. The minimum Gasteiger partial charge on any atom is -0.324 e. The van der Waals surface area contributed by atoms with Crippen LogP contribution in [0.4, 0.5) is 5.69 Å². The van der Waals surface area contributed by atoms with E-state index in [0.29, 0.717) is 18.5 Å². The molecule has 1 heterocycles. The van der Waals surface area contributed by atoms with Crippen LogP contribution >= 0.6 is 0 Å². The molecule has 0 saturated heterocycles. The van der Waals surface area contributed by atoms with Crippen molar-refractivity contribution < 1.29 is 9.59 Å². The van der Waals surface area contributed by atoms with Crippen LogP contribution in [0.1, 0.15) is 47.8 Å². The SMILES string of the molecule is CC(C)(C)NCc1ccc(NC(=O)[C@H](Cc2ccccc2)N2Cc3ccccc3C2=O)cc1. The number of amides is 2. The Morgan fingerprint density at radius 3 is 2.24 bits per heavy atom. The van der Waals surface area contributed by atoms with Gasteiger partial charge in [0.15, 0.2) is 0 Å². The van der Waals surface area contributed by atoms with Gasteiger partial charge in [-0.25, -0.2) is 0 Å². The largest absolute Gasteiger partial charge is 0.324 e. The van der Waals surface area contributed by atoms with E-state index >= 15 is 0 Å². The third kappa shape index (κ3) is 5.68. The highest BCUT2D eigenvalue weighted by Gasteiger charge is 2.36. The Morgan fingerprint density at radius 1 is 0.909 bits per heavy atom. The summed E-state index contributed by atoms with van der Waals surface area (Å²) in [5, 5.41) is 6.50. The van der Waals surface area contributed by atoms with Gasteiger partial charge in [-0.3, -0.25) is 9.59 Å². The van der Waals surface area contributed by atoms with E-state index in [0.717, 1.165) is 28.9 Å². The second kappa shape index (κ2) is 9.59. The van der Waals surface area contributed by atoms with Crippen molar-refractivity contribution in [2.75, 3.05) is 5.32 Å². The summed E-state index contributed by atoms with van der Waals surface area (Å²) in [6, 6.07) is 24.7. The zero-order valence-electron chi connectivity index (χ0n) is 19.5. The summed E-state index contributed by atoms with van der Waals surface area (Å²) < 4.78 is 0. The molecule has 5 nitrogen and oxygen atoms in total. The topological polar surface area (TPSA) is 61.4 Å². The van der Waals surface area contributed by atoms with E-state index in [-0.39, 0.29) is 17.4 Å². The van der Waals surface area contributed by atoms with Crippen LogP contribution in [0.5, 0.6) is 0 Å². The molecule has 0 bridgehead atoms. The quantitative estimate of drug-likeness (QED) is 0.555. The lowest BCUT2D eigenvalue weighted by Gasteiger charge is -2.27. The Labute approximate surface area is 195 Å². The second-order valence-corrected chi connectivity index (χ2v) is 9.59. The fourth-order valence-electron chi connectivity index (χ4n) is 4.01. The summed E-state index contributed by atoms with van der Waals surface area (Å²) in [6.45, 7) is 7.59. The summed E-state index contributed by atoms with van der Waals surface area (Å²) >= 11 is 0. The van der Waals surface area contributed by atoms with E-state index in [9.17, 15) is 9.59 Å². The van der Waals surface area contributed by atoms with Crippen LogP contribution < -0.4 is 10.6 Å². The van der Waals surface area contributed by atoms with Gasteiger partial charge in [-0.15, -0.1) is 0 Å². The Balaban J connectivity index is 1.51. The molecule has 0 aromatic heterocycles. The molecule has 33 heavy (non-hydrogen) atoms. The predicted molar refractivity (Wildman–Crippen MR) is 132 cm³/mol. The van der Waals surface area contributed by atoms with Gasteiger partial charge in [-0.05, 0) is 55.7 Å². The van der Waals surface area contributed by atoms with Crippen molar-refractivity contribution in [3.8, 4) is 0 Å². The Hall–Kier alpha value is -3.44. The summed E-state index contributed by atoms with van der Waals surface area (Å²) in [6.07, 6.45) is 0.458. The molecule has 3 aromatic carbocycles. The van der Waals surface area contributed by atoms with E-state index in [1.807, 2.05) is 78.9 Å². The molecule has 1 atom stereocenters. The number of anilines is 1. The minimum absolute atomic E-state index is 0.0391. The molecular weight excluding hydrogens is 410 g/mol. The van der Waals surface area contributed by atoms with Crippen LogP contribution in [0.15, 0.2) is 78.9 Å². The van der Waals surface area contributed by atoms with Crippen LogP contribution in [-0.4, -0.2) is 28.3 Å². The number of nitrogens with one attached hydrogen (secondary N) is 2. The highest BCUT2D eigenvalue weighted by Crippen LogP contribution is 2.26. The molecule has 0 unspecified atom stereocenters. The van der Waals surface area contributed by atoms with Crippen molar-refractivity contribution in [2.24, 2.45) is 0 Å². The second-order valence-electron chi connectivity index (χ2n) is 9.59. The zero-order valence-corrected chi connectivity index (χ0v) is 19.5. The number of carbonyl (C=O) groups is 2. The Morgan fingerprint density at radius 2 is 1.58 bits per heavy atom. The van der Waals surface area contributed by atoms with E-state index in [4.69, 9.17) is 0 Å². The number of nitrogens with zero attached hydrogens (tertiary/aromatic N) is 1. The number of rotatable bonds is 7. The number of benzene rings is 3. The van der Waals surface area contributed by atoms with Gasteiger partial charge in [0.2, 0.25) is 5.91 Å². The molecule has 1 aliphatic rings. The molecule has 2 N–H and O–H groups in total. The van der Waals surface area contributed by atoms with Gasteiger partial charge < -0.3 is 15.5 Å². The van der Waals surface area contributed by atoms with E-state index in [2.05, 4.69) is 31.4 Å². The first-order valence-electron chi connectivity index (χ1n) is 11.4. The number of hydrogen-bond acceptors (Lipinski definition) is 3. The first-order valence-corrected chi connectivity index (χ1v) is 11.4. The molecule has 0 aliphatic carbocycles. The third-order valence-corrected chi connectivity index (χ3v) is 5.84. The normalized spacial score (nSPS) is 14.2. The predicted octanol–water partition coefficient (Wildman–Crippen LogP) is 4.78. The molecule has 5 heteroatoms. The maximum absolute atomic E-state index is 13.4. The molecule has 0 spiro atoms. The Bertz CT molecular complexity index is 1120. The molecule has 0 radical (unpaired) electrons. The molecular formula is C28H31N3O2. The van der Waals surface area contributed by atoms with Crippen molar-refractivity contribution in [1.29, 1.82) is 0 Å². The Kier molecular flexibility index (Phi) is 6.61. The first-order chi connectivity index (χ1) is 15.8. The third-order valence-electron chi connectivity index (χ3n) is 5.84. The smallest absolute Gasteiger partial charge is 0.255 e. The number of fused-ring (bicyclic) bond motifs is 1. The first kappa shape index (κ1) is 22.7. The average molecular weight is 442 g/mol. The fraction of sp³-hybridized carbons (Fsp3) is 0.286. The molecule has 2 amide bonds. The lowest BCUT2D eigenvalue weighted by molar-refractivity contribution is -0.120. The summed E-state index contributed by atoms with van der Waals surface area (Å²) in [5.41, 5.74) is 4.57. The summed E-state index contributed by atoms with van der Waals surface area (Å²) in [4.78, 5) is 28.2. The van der Waals surface area contributed by atoms with E-state index in [1.54, 1.807) is 4.90 Å². The molecule has 170 valence electrons. The monoisotopic (exact) mass is 441 g/mol. The summed E-state index contributed by atoms with van der Waals surface area (Å²) in [5.74, 6) is -0.272. The fourth-order valence-corrected chi connectivity index (χ4v) is 4.01.